The zero-order chi connectivity index (χ0) is 14.5. The third-order valence-corrected chi connectivity index (χ3v) is 4.24. The summed E-state index contributed by atoms with van der Waals surface area (Å²) in [7, 11) is 0. The Labute approximate surface area is 123 Å². The number of thiazole rings is 1. The average molecular weight is 289 g/mol. The molecule has 1 atom stereocenters. The first-order valence-corrected chi connectivity index (χ1v) is 7.57. The van der Waals surface area contributed by atoms with Crippen LogP contribution in [0.1, 0.15) is 33.4 Å². The van der Waals surface area contributed by atoms with E-state index >= 15 is 0 Å². The Hall–Kier alpha value is -1.52. The molecule has 4 heteroatoms. The maximum absolute atomic E-state index is 12.2. The highest BCUT2D eigenvalue weighted by Crippen LogP contribution is 2.14. The number of carbonyl (C=O) groups is 1. The van der Waals surface area contributed by atoms with Crippen molar-refractivity contribution in [3.63, 3.8) is 0 Å². The van der Waals surface area contributed by atoms with Crippen molar-refractivity contribution in [1.82, 2.24) is 4.98 Å². The fourth-order valence-corrected chi connectivity index (χ4v) is 2.69. The van der Waals surface area contributed by atoms with E-state index in [0.717, 1.165) is 17.7 Å². The van der Waals surface area contributed by atoms with Crippen LogP contribution in [0.15, 0.2) is 29.8 Å². The molecule has 1 heterocycles. The van der Waals surface area contributed by atoms with Gasteiger partial charge in [-0.15, -0.1) is 11.3 Å². The molecule has 0 bridgehead atoms. The summed E-state index contributed by atoms with van der Waals surface area (Å²) in [5.74, 6) is 0.0334. The van der Waals surface area contributed by atoms with E-state index in [4.69, 9.17) is 4.74 Å². The molecule has 1 aromatic carbocycles. The van der Waals surface area contributed by atoms with Crippen LogP contribution in [-0.2, 0) is 11.2 Å². The molecule has 0 fully saturated rings. The maximum atomic E-state index is 12.2. The van der Waals surface area contributed by atoms with Crippen molar-refractivity contribution in [3.8, 4) is 0 Å². The van der Waals surface area contributed by atoms with Gasteiger partial charge in [0.05, 0.1) is 17.8 Å². The molecule has 0 saturated carbocycles. The number of Topliss-reactive ketones (excluding diaryl/α,β-unsaturated/α-hetero) is 1. The summed E-state index contributed by atoms with van der Waals surface area (Å²) in [6.07, 6.45) is 0.396. The van der Waals surface area contributed by atoms with E-state index in [2.05, 4.69) is 4.98 Å². The molecule has 3 nitrogen and oxygen atoms in total. The molecule has 0 saturated heterocycles. The van der Waals surface area contributed by atoms with E-state index in [-0.39, 0.29) is 5.78 Å². The standard InChI is InChI=1S/C16H19NO2S/c1-11-4-6-14(7-5-11)16(18)13(3)19-9-8-15-12(2)17-10-20-15/h4-7,10,13H,8-9H2,1-3H3. The molecule has 106 valence electrons. The Balaban J connectivity index is 1.85. The number of hydrogen-bond acceptors (Lipinski definition) is 4. The predicted molar refractivity (Wildman–Crippen MR) is 81.5 cm³/mol. The van der Waals surface area contributed by atoms with Crippen molar-refractivity contribution < 1.29 is 9.53 Å². The maximum Gasteiger partial charge on any atom is 0.191 e. The van der Waals surface area contributed by atoms with Crippen LogP contribution >= 0.6 is 11.3 Å². The first kappa shape index (κ1) is 14.9. The molecule has 0 aliphatic heterocycles. The van der Waals surface area contributed by atoms with Crippen molar-refractivity contribution in [2.45, 2.75) is 33.3 Å². The second-order valence-electron chi connectivity index (χ2n) is 4.85. The van der Waals surface area contributed by atoms with Gasteiger partial charge in [0.25, 0.3) is 0 Å². The summed E-state index contributed by atoms with van der Waals surface area (Å²) < 4.78 is 5.65. The van der Waals surface area contributed by atoms with Crippen molar-refractivity contribution in [3.05, 3.63) is 51.5 Å². The van der Waals surface area contributed by atoms with Gasteiger partial charge in [-0.25, -0.2) is 4.98 Å². The topological polar surface area (TPSA) is 39.2 Å². The normalized spacial score (nSPS) is 12.3. The van der Waals surface area contributed by atoms with Gasteiger partial charge in [0.15, 0.2) is 5.78 Å². The van der Waals surface area contributed by atoms with Gasteiger partial charge in [0.2, 0.25) is 0 Å². The van der Waals surface area contributed by atoms with Crippen LogP contribution in [-0.4, -0.2) is 23.5 Å². The molecule has 0 amide bonds. The third-order valence-electron chi connectivity index (χ3n) is 3.25. The number of aryl methyl sites for hydroxylation is 2. The summed E-state index contributed by atoms with van der Waals surface area (Å²) >= 11 is 1.63. The minimum Gasteiger partial charge on any atom is -0.370 e. The van der Waals surface area contributed by atoms with Gasteiger partial charge in [-0.1, -0.05) is 29.8 Å². The lowest BCUT2D eigenvalue weighted by Crippen LogP contribution is -2.22. The van der Waals surface area contributed by atoms with Crippen LogP contribution in [0.5, 0.6) is 0 Å². The fraction of sp³-hybridized carbons (Fsp3) is 0.375. The summed E-state index contributed by atoms with van der Waals surface area (Å²) in [4.78, 5) is 17.6. The molecule has 0 aliphatic carbocycles. The molecule has 1 aromatic heterocycles. The number of hydrogen-bond donors (Lipinski definition) is 0. The van der Waals surface area contributed by atoms with Gasteiger partial charge in [0.1, 0.15) is 6.10 Å². The lowest BCUT2D eigenvalue weighted by molar-refractivity contribution is 0.0488. The van der Waals surface area contributed by atoms with E-state index in [1.54, 1.807) is 11.3 Å². The minimum absolute atomic E-state index is 0.0334. The van der Waals surface area contributed by atoms with Crippen LogP contribution in [0.25, 0.3) is 0 Å². The highest BCUT2D eigenvalue weighted by molar-refractivity contribution is 7.09. The molecule has 0 aliphatic rings. The molecular weight excluding hydrogens is 270 g/mol. The number of carbonyl (C=O) groups excluding carboxylic acids is 1. The quantitative estimate of drug-likeness (QED) is 0.763. The molecular formula is C16H19NO2S. The van der Waals surface area contributed by atoms with Crippen molar-refractivity contribution in [2.24, 2.45) is 0 Å². The summed E-state index contributed by atoms with van der Waals surface area (Å²) in [6.45, 7) is 6.35. The van der Waals surface area contributed by atoms with E-state index in [1.807, 2.05) is 50.5 Å². The largest absolute Gasteiger partial charge is 0.370 e. The van der Waals surface area contributed by atoms with Crippen molar-refractivity contribution in [1.29, 1.82) is 0 Å². The molecule has 0 radical (unpaired) electrons. The Bertz CT molecular complexity index is 574. The van der Waals surface area contributed by atoms with Crippen molar-refractivity contribution in [2.75, 3.05) is 6.61 Å². The number of benzene rings is 1. The van der Waals surface area contributed by atoms with E-state index in [0.29, 0.717) is 12.2 Å². The number of ether oxygens (including phenoxy) is 1. The first-order valence-electron chi connectivity index (χ1n) is 6.69. The van der Waals surface area contributed by atoms with Gasteiger partial charge in [0, 0.05) is 16.9 Å². The van der Waals surface area contributed by atoms with Crippen LogP contribution < -0.4 is 0 Å². The van der Waals surface area contributed by atoms with E-state index in [1.165, 1.54) is 4.88 Å². The number of aromatic nitrogens is 1. The summed E-state index contributed by atoms with van der Waals surface area (Å²) in [5, 5.41) is 0. The average Bonchev–Trinajstić information content (AvgIpc) is 2.84. The Morgan fingerprint density at radius 1 is 1.30 bits per heavy atom. The minimum atomic E-state index is -0.411. The lowest BCUT2D eigenvalue weighted by atomic mass is 10.1. The van der Waals surface area contributed by atoms with Crippen molar-refractivity contribution >= 4 is 17.1 Å². The molecule has 2 aromatic rings. The Morgan fingerprint density at radius 3 is 2.60 bits per heavy atom. The summed E-state index contributed by atoms with van der Waals surface area (Å²) in [6, 6.07) is 7.59. The molecule has 1 unspecified atom stereocenters. The fourth-order valence-electron chi connectivity index (χ4n) is 1.92. The molecule has 20 heavy (non-hydrogen) atoms. The monoisotopic (exact) mass is 289 g/mol. The molecule has 0 N–H and O–H groups in total. The van der Waals surface area contributed by atoms with Gasteiger partial charge < -0.3 is 4.74 Å². The van der Waals surface area contributed by atoms with Crippen LogP contribution in [0, 0.1) is 13.8 Å². The lowest BCUT2D eigenvalue weighted by Gasteiger charge is -2.12. The number of rotatable bonds is 6. The van der Waals surface area contributed by atoms with E-state index in [9.17, 15) is 4.79 Å². The van der Waals surface area contributed by atoms with E-state index < -0.39 is 6.10 Å². The smallest absolute Gasteiger partial charge is 0.191 e. The number of nitrogens with zero attached hydrogens (tertiary/aromatic N) is 1. The van der Waals surface area contributed by atoms with Crippen LogP contribution in [0.3, 0.4) is 0 Å². The zero-order valence-corrected chi connectivity index (χ0v) is 12.9. The second kappa shape index (κ2) is 6.77. The van der Waals surface area contributed by atoms with Gasteiger partial charge in [-0.2, -0.15) is 0 Å². The Kier molecular flexibility index (Phi) is 5.04. The number of ketones is 1. The van der Waals surface area contributed by atoms with Gasteiger partial charge in [-0.05, 0) is 20.8 Å². The molecule has 2 rings (SSSR count). The zero-order valence-electron chi connectivity index (χ0n) is 12.1. The van der Waals surface area contributed by atoms with Crippen LogP contribution in [0.4, 0.5) is 0 Å². The van der Waals surface area contributed by atoms with Gasteiger partial charge in [-0.3, -0.25) is 4.79 Å². The molecule has 0 spiro atoms. The predicted octanol–water partition coefficient (Wildman–Crippen LogP) is 3.59. The van der Waals surface area contributed by atoms with Gasteiger partial charge >= 0.3 is 0 Å². The summed E-state index contributed by atoms with van der Waals surface area (Å²) in [5.41, 5.74) is 4.75. The first-order chi connectivity index (χ1) is 9.58. The second-order valence-corrected chi connectivity index (χ2v) is 5.79. The highest BCUT2D eigenvalue weighted by Gasteiger charge is 2.15. The SMILES string of the molecule is Cc1ccc(C(=O)C(C)OCCc2scnc2C)cc1. The third kappa shape index (κ3) is 3.74. The highest BCUT2D eigenvalue weighted by atomic mass is 32.1. The van der Waals surface area contributed by atoms with Crippen LogP contribution in [0.2, 0.25) is 0 Å². The Morgan fingerprint density at radius 2 is 2.00 bits per heavy atom.